The van der Waals surface area contributed by atoms with Crippen LogP contribution in [0.15, 0.2) is 12.4 Å². The normalized spacial score (nSPS) is 16.6. The highest BCUT2D eigenvalue weighted by Gasteiger charge is 2.23. The third kappa shape index (κ3) is 3.64. The van der Waals surface area contributed by atoms with E-state index in [1.54, 1.807) is 6.20 Å². The van der Waals surface area contributed by atoms with E-state index in [4.69, 9.17) is 5.11 Å². The zero-order valence-corrected chi connectivity index (χ0v) is 12.0. The topological polar surface area (TPSA) is 72.8 Å². The molecule has 0 aliphatic carbocycles. The number of carbonyl (C=O) groups is 1. The van der Waals surface area contributed by atoms with Crippen molar-refractivity contribution in [2.45, 2.75) is 0 Å². The van der Waals surface area contributed by atoms with Crippen molar-refractivity contribution in [3.05, 3.63) is 18.1 Å². The van der Waals surface area contributed by atoms with E-state index >= 15 is 0 Å². The summed E-state index contributed by atoms with van der Waals surface area (Å²) in [5.74, 6) is -0.546. The van der Waals surface area contributed by atoms with Crippen LogP contribution in [0.5, 0.6) is 0 Å². The van der Waals surface area contributed by atoms with Crippen molar-refractivity contribution in [1.82, 2.24) is 19.8 Å². The summed E-state index contributed by atoms with van der Waals surface area (Å²) in [7, 11) is 4.13. The summed E-state index contributed by atoms with van der Waals surface area (Å²) < 4.78 is 0. The minimum atomic E-state index is -1.02. The summed E-state index contributed by atoms with van der Waals surface area (Å²) in [6, 6.07) is 0. The number of hydrogen-bond acceptors (Lipinski definition) is 6. The van der Waals surface area contributed by atoms with Crippen molar-refractivity contribution in [3.63, 3.8) is 0 Å². The largest absolute Gasteiger partial charge is 0.476 e. The van der Waals surface area contributed by atoms with Crippen molar-refractivity contribution < 1.29 is 9.90 Å². The van der Waals surface area contributed by atoms with Crippen molar-refractivity contribution in [1.29, 1.82) is 0 Å². The molecule has 0 aromatic carbocycles. The maximum Gasteiger partial charge on any atom is 0.358 e. The predicted octanol–water partition coefficient (Wildman–Crippen LogP) is -0.142. The lowest BCUT2D eigenvalue weighted by Gasteiger charge is -2.36. The Morgan fingerprint density at radius 3 is 2.50 bits per heavy atom. The van der Waals surface area contributed by atoms with Crippen LogP contribution in [0.25, 0.3) is 0 Å². The molecule has 1 aliphatic rings. The Morgan fingerprint density at radius 1 is 1.25 bits per heavy atom. The number of carboxylic acid groups (broad SMARTS) is 1. The molecule has 0 atom stereocenters. The van der Waals surface area contributed by atoms with Gasteiger partial charge in [0, 0.05) is 51.7 Å². The van der Waals surface area contributed by atoms with E-state index in [1.165, 1.54) is 6.20 Å². The Morgan fingerprint density at radius 2 is 1.90 bits per heavy atom. The number of carboxylic acids is 1. The van der Waals surface area contributed by atoms with E-state index in [0.717, 1.165) is 39.3 Å². The van der Waals surface area contributed by atoms with Gasteiger partial charge in [-0.05, 0) is 14.1 Å². The Bertz CT molecular complexity index is 458. The molecule has 1 aromatic rings. The van der Waals surface area contributed by atoms with Gasteiger partial charge in [-0.25, -0.2) is 14.8 Å². The van der Waals surface area contributed by atoms with Crippen molar-refractivity contribution in [3.8, 4) is 0 Å². The summed E-state index contributed by atoms with van der Waals surface area (Å²) in [6.07, 6.45) is 2.96. The van der Waals surface area contributed by atoms with E-state index in [2.05, 4.69) is 33.9 Å². The molecule has 0 unspecified atom stereocenters. The first-order chi connectivity index (χ1) is 9.58. The van der Waals surface area contributed by atoms with Crippen LogP contribution in [0, 0.1) is 0 Å². The SMILES string of the molecule is CN(C)CCN1CCN(c2nccnc2C(=O)O)CC1. The quantitative estimate of drug-likeness (QED) is 0.804. The van der Waals surface area contributed by atoms with Gasteiger partial charge >= 0.3 is 5.97 Å². The number of nitrogens with zero attached hydrogens (tertiary/aromatic N) is 5. The number of piperazine rings is 1. The monoisotopic (exact) mass is 279 g/mol. The van der Waals surface area contributed by atoms with Gasteiger partial charge in [-0.3, -0.25) is 4.90 Å². The molecule has 0 amide bonds. The van der Waals surface area contributed by atoms with Crippen LogP contribution in [0.2, 0.25) is 0 Å². The smallest absolute Gasteiger partial charge is 0.358 e. The van der Waals surface area contributed by atoms with E-state index < -0.39 is 5.97 Å². The lowest BCUT2D eigenvalue weighted by Crippen LogP contribution is -2.48. The van der Waals surface area contributed by atoms with Crippen molar-refractivity contribution in [2.24, 2.45) is 0 Å². The maximum absolute atomic E-state index is 11.2. The molecule has 1 aromatic heterocycles. The summed E-state index contributed by atoms with van der Waals surface area (Å²) in [5, 5.41) is 9.15. The Hall–Kier alpha value is -1.73. The highest BCUT2D eigenvalue weighted by molar-refractivity contribution is 5.90. The molecule has 7 nitrogen and oxygen atoms in total. The second-order valence-electron chi connectivity index (χ2n) is 5.17. The zero-order valence-electron chi connectivity index (χ0n) is 12.0. The summed E-state index contributed by atoms with van der Waals surface area (Å²) in [4.78, 5) is 25.8. The van der Waals surface area contributed by atoms with Crippen LogP contribution >= 0.6 is 0 Å². The number of likely N-dealkylation sites (N-methyl/N-ethyl adjacent to an activating group) is 1. The van der Waals surface area contributed by atoms with Crippen LogP contribution in [0.4, 0.5) is 5.82 Å². The minimum Gasteiger partial charge on any atom is -0.476 e. The maximum atomic E-state index is 11.2. The molecule has 110 valence electrons. The van der Waals surface area contributed by atoms with Crippen LogP contribution in [0.1, 0.15) is 10.5 Å². The molecule has 2 heterocycles. The fourth-order valence-electron chi connectivity index (χ4n) is 2.24. The lowest BCUT2D eigenvalue weighted by molar-refractivity contribution is 0.0690. The molecule has 0 saturated carbocycles. The molecule has 20 heavy (non-hydrogen) atoms. The van der Waals surface area contributed by atoms with Crippen molar-refractivity contribution in [2.75, 3.05) is 58.3 Å². The van der Waals surface area contributed by atoms with Gasteiger partial charge in [-0.15, -0.1) is 0 Å². The highest BCUT2D eigenvalue weighted by atomic mass is 16.4. The molecule has 7 heteroatoms. The molecule has 0 spiro atoms. The molecule has 1 fully saturated rings. The van der Waals surface area contributed by atoms with Crippen LogP contribution in [0.3, 0.4) is 0 Å². The average molecular weight is 279 g/mol. The van der Waals surface area contributed by atoms with Gasteiger partial charge in [-0.1, -0.05) is 0 Å². The summed E-state index contributed by atoms with van der Waals surface area (Å²) >= 11 is 0. The molecule has 1 saturated heterocycles. The molecule has 1 N–H and O–H groups in total. The number of aromatic nitrogens is 2. The Balaban J connectivity index is 1.95. The van der Waals surface area contributed by atoms with Crippen LogP contribution < -0.4 is 4.90 Å². The highest BCUT2D eigenvalue weighted by Crippen LogP contribution is 2.16. The van der Waals surface area contributed by atoms with E-state index in [-0.39, 0.29) is 5.69 Å². The van der Waals surface area contributed by atoms with E-state index in [0.29, 0.717) is 5.82 Å². The predicted molar refractivity (Wildman–Crippen MR) is 76.2 cm³/mol. The van der Waals surface area contributed by atoms with Crippen molar-refractivity contribution >= 4 is 11.8 Å². The first-order valence-corrected chi connectivity index (χ1v) is 6.74. The fraction of sp³-hybridized carbons (Fsp3) is 0.615. The zero-order chi connectivity index (χ0) is 14.5. The van der Waals surface area contributed by atoms with Gasteiger partial charge < -0.3 is 14.9 Å². The second kappa shape index (κ2) is 6.62. The Kier molecular flexibility index (Phi) is 4.86. The molecular weight excluding hydrogens is 258 g/mol. The van der Waals surface area contributed by atoms with E-state index in [9.17, 15) is 4.79 Å². The van der Waals surface area contributed by atoms with Gasteiger partial charge in [0.05, 0.1) is 0 Å². The fourth-order valence-corrected chi connectivity index (χ4v) is 2.24. The molecule has 2 rings (SSSR count). The third-order valence-electron chi connectivity index (χ3n) is 3.42. The number of hydrogen-bond donors (Lipinski definition) is 1. The molecule has 0 bridgehead atoms. The van der Waals surface area contributed by atoms with Gasteiger partial charge in [0.1, 0.15) is 0 Å². The second-order valence-corrected chi connectivity index (χ2v) is 5.17. The lowest BCUT2D eigenvalue weighted by atomic mass is 10.3. The standard InChI is InChI=1S/C13H21N5O2/c1-16(2)5-6-17-7-9-18(10-8-17)12-11(13(19)20)14-3-4-15-12/h3-4H,5-10H2,1-2H3,(H,19,20). The summed E-state index contributed by atoms with van der Waals surface area (Å²) in [5.41, 5.74) is 0.0363. The van der Waals surface area contributed by atoms with Gasteiger partial charge in [0.15, 0.2) is 11.5 Å². The van der Waals surface area contributed by atoms with E-state index in [1.807, 2.05) is 4.90 Å². The number of rotatable bonds is 5. The number of aromatic carboxylic acids is 1. The minimum absolute atomic E-state index is 0.0363. The molecular formula is C13H21N5O2. The molecule has 1 aliphatic heterocycles. The first kappa shape index (κ1) is 14.7. The van der Waals surface area contributed by atoms with Crippen LogP contribution in [-0.2, 0) is 0 Å². The van der Waals surface area contributed by atoms with Gasteiger partial charge in [0.2, 0.25) is 0 Å². The third-order valence-corrected chi connectivity index (χ3v) is 3.42. The Labute approximate surface area is 118 Å². The van der Waals surface area contributed by atoms with Gasteiger partial charge in [-0.2, -0.15) is 0 Å². The van der Waals surface area contributed by atoms with Crippen LogP contribution in [-0.4, -0.2) is 84.2 Å². The summed E-state index contributed by atoms with van der Waals surface area (Å²) in [6.45, 7) is 5.48. The number of anilines is 1. The van der Waals surface area contributed by atoms with Gasteiger partial charge in [0.25, 0.3) is 0 Å². The first-order valence-electron chi connectivity index (χ1n) is 6.74. The molecule has 0 radical (unpaired) electrons. The average Bonchev–Trinajstić information content (AvgIpc) is 2.45.